The Labute approximate surface area is 194 Å². The first-order valence-corrected chi connectivity index (χ1v) is 12.1. The first-order chi connectivity index (χ1) is 15.8. The third-order valence-electron chi connectivity index (χ3n) is 5.57. The first-order valence-electron chi connectivity index (χ1n) is 10.3. The highest BCUT2D eigenvalue weighted by Crippen LogP contribution is 2.39. The van der Waals surface area contributed by atoms with Gasteiger partial charge in [0.15, 0.2) is 18.1 Å². The van der Waals surface area contributed by atoms with Crippen molar-refractivity contribution in [3.05, 3.63) is 35.4 Å². The quantitative estimate of drug-likeness (QED) is 0.669. The number of nitrogens with one attached hydrogen (secondary N) is 2. The number of hydrogen-bond acceptors (Lipinski definition) is 7. The van der Waals surface area contributed by atoms with E-state index in [9.17, 15) is 18.0 Å². The summed E-state index contributed by atoms with van der Waals surface area (Å²) in [6, 6.07) is 6.72. The molecular weight excluding hydrogens is 474 g/mol. The number of ether oxygens (including phenoxy) is 3. The van der Waals surface area contributed by atoms with Crippen LogP contribution in [0, 0.1) is 0 Å². The second-order valence-corrected chi connectivity index (χ2v) is 10.0. The molecule has 2 amide bonds. The van der Waals surface area contributed by atoms with Crippen LogP contribution in [0.25, 0.3) is 0 Å². The highest BCUT2D eigenvalue weighted by Gasteiger charge is 2.41. The van der Waals surface area contributed by atoms with E-state index in [4.69, 9.17) is 25.8 Å². The number of carbonyl (C=O) groups is 2. The van der Waals surface area contributed by atoms with Crippen LogP contribution in [-0.2, 0) is 19.6 Å². The van der Waals surface area contributed by atoms with Gasteiger partial charge in [0.05, 0.1) is 10.7 Å². The topological polar surface area (TPSA) is 123 Å². The van der Waals surface area contributed by atoms with Crippen LogP contribution < -0.4 is 24.8 Å². The Hall–Kier alpha value is -3.02. The fraction of sp³-hybridized carbons (Fsp3) is 0.333. The summed E-state index contributed by atoms with van der Waals surface area (Å²) in [5.74, 6) is 0.497. The van der Waals surface area contributed by atoms with Crippen LogP contribution in [0.5, 0.6) is 17.2 Å². The van der Waals surface area contributed by atoms with Gasteiger partial charge in [-0.1, -0.05) is 11.6 Å². The number of carbonyl (C=O) groups excluding carboxylic acids is 2. The molecule has 1 fully saturated rings. The molecule has 3 aliphatic rings. The van der Waals surface area contributed by atoms with Crippen molar-refractivity contribution in [2.75, 3.05) is 37.0 Å². The minimum absolute atomic E-state index is 0.0718. The summed E-state index contributed by atoms with van der Waals surface area (Å²) in [5.41, 5.74) is 0.772. The number of amides is 2. The molecule has 0 aliphatic carbocycles. The molecule has 174 valence electrons. The Bertz CT molecular complexity index is 1250. The van der Waals surface area contributed by atoms with Gasteiger partial charge in [-0.15, -0.1) is 0 Å². The predicted molar refractivity (Wildman–Crippen MR) is 119 cm³/mol. The molecule has 0 unspecified atom stereocenters. The number of sulfonamides is 1. The molecule has 0 aromatic heterocycles. The summed E-state index contributed by atoms with van der Waals surface area (Å²) in [6.45, 7) is 0.815. The molecule has 0 bridgehead atoms. The maximum Gasteiger partial charge on any atom is 0.262 e. The fourth-order valence-corrected chi connectivity index (χ4v) is 6.22. The Balaban J connectivity index is 1.39. The number of hydrogen-bond donors (Lipinski definition) is 2. The summed E-state index contributed by atoms with van der Waals surface area (Å²) in [6.07, 6.45) is 0.887. The standard InChI is InChI=1S/C21H20ClN3O7S/c22-13-9-14-17(32-11-20(26)24-14)10-19(13)33(28,29)25-5-1-2-15(25)21(27)23-12-3-4-16-18(8-12)31-7-6-30-16/h3-4,8-10,15H,1-2,5-7,11H2,(H,23,27)(H,24,26)/t15-/m1/s1. The molecule has 3 heterocycles. The van der Waals surface area contributed by atoms with E-state index in [1.807, 2.05) is 0 Å². The van der Waals surface area contributed by atoms with Gasteiger partial charge in [-0.2, -0.15) is 4.31 Å². The van der Waals surface area contributed by atoms with E-state index in [1.165, 1.54) is 12.1 Å². The van der Waals surface area contributed by atoms with E-state index in [1.54, 1.807) is 18.2 Å². The van der Waals surface area contributed by atoms with E-state index in [0.29, 0.717) is 48.9 Å². The lowest BCUT2D eigenvalue weighted by Gasteiger charge is -2.25. The highest BCUT2D eigenvalue weighted by molar-refractivity contribution is 7.89. The zero-order valence-corrected chi connectivity index (χ0v) is 18.9. The average molecular weight is 494 g/mol. The summed E-state index contributed by atoms with van der Waals surface area (Å²) >= 11 is 6.26. The van der Waals surface area contributed by atoms with Gasteiger partial charge in [-0.25, -0.2) is 8.42 Å². The van der Waals surface area contributed by atoms with Gasteiger partial charge >= 0.3 is 0 Å². The lowest BCUT2D eigenvalue weighted by Crippen LogP contribution is -2.43. The van der Waals surface area contributed by atoms with E-state index >= 15 is 0 Å². The molecule has 3 aliphatic heterocycles. The third kappa shape index (κ3) is 4.07. The van der Waals surface area contributed by atoms with Gasteiger partial charge in [-0.3, -0.25) is 9.59 Å². The number of fused-ring (bicyclic) bond motifs is 2. The van der Waals surface area contributed by atoms with Crippen LogP contribution in [-0.4, -0.2) is 56.9 Å². The molecule has 10 nitrogen and oxygen atoms in total. The van der Waals surface area contributed by atoms with Gasteiger partial charge in [0.2, 0.25) is 15.9 Å². The molecule has 0 saturated carbocycles. The monoisotopic (exact) mass is 493 g/mol. The molecule has 2 N–H and O–H groups in total. The van der Waals surface area contributed by atoms with Crippen molar-refractivity contribution in [3.8, 4) is 17.2 Å². The van der Waals surface area contributed by atoms with Crippen LogP contribution in [0.15, 0.2) is 35.2 Å². The Morgan fingerprint density at radius 2 is 1.88 bits per heavy atom. The van der Waals surface area contributed by atoms with Crippen molar-refractivity contribution in [3.63, 3.8) is 0 Å². The average Bonchev–Trinajstić information content (AvgIpc) is 3.29. The number of halogens is 1. The van der Waals surface area contributed by atoms with E-state index in [2.05, 4.69) is 10.6 Å². The number of rotatable bonds is 4. The van der Waals surface area contributed by atoms with Crippen LogP contribution in [0.2, 0.25) is 5.02 Å². The Morgan fingerprint density at radius 1 is 1.09 bits per heavy atom. The maximum absolute atomic E-state index is 13.4. The second kappa shape index (κ2) is 8.40. The highest BCUT2D eigenvalue weighted by atomic mass is 35.5. The first kappa shape index (κ1) is 21.8. The third-order valence-corrected chi connectivity index (χ3v) is 7.94. The van der Waals surface area contributed by atoms with Crippen LogP contribution in [0.1, 0.15) is 12.8 Å². The molecule has 0 radical (unpaired) electrons. The number of benzene rings is 2. The molecule has 0 spiro atoms. The van der Waals surface area contributed by atoms with Gasteiger partial charge in [0, 0.05) is 24.4 Å². The second-order valence-electron chi connectivity index (χ2n) is 7.74. The summed E-state index contributed by atoms with van der Waals surface area (Å²) in [7, 11) is -4.11. The van der Waals surface area contributed by atoms with Crippen molar-refractivity contribution in [1.82, 2.24) is 4.31 Å². The summed E-state index contributed by atoms with van der Waals surface area (Å²) in [4.78, 5) is 24.4. The lowest BCUT2D eigenvalue weighted by atomic mass is 10.2. The van der Waals surface area contributed by atoms with Crippen LogP contribution in [0.3, 0.4) is 0 Å². The van der Waals surface area contributed by atoms with Crippen molar-refractivity contribution < 1.29 is 32.2 Å². The summed E-state index contributed by atoms with van der Waals surface area (Å²) in [5, 5.41) is 5.28. The number of anilines is 2. The normalized spacial score (nSPS) is 19.9. The molecule has 33 heavy (non-hydrogen) atoms. The molecule has 12 heteroatoms. The number of nitrogens with zero attached hydrogens (tertiary/aromatic N) is 1. The minimum atomic E-state index is -4.11. The lowest BCUT2D eigenvalue weighted by molar-refractivity contribution is -0.119. The largest absolute Gasteiger partial charge is 0.486 e. The smallest absolute Gasteiger partial charge is 0.262 e. The predicted octanol–water partition coefficient (Wildman–Crippen LogP) is 2.23. The van der Waals surface area contributed by atoms with Crippen LogP contribution >= 0.6 is 11.6 Å². The van der Waals surface area contributed by atoms with Gasteiger partial charge in [0.1, 0.15) is 29.9 Å². The molecular formula is C21H20ClN3O7S. The molecule has 5 rings (SSSR count). The van der Waals surface area contributed by atoms with Gasteiger partial charge in [0.25, 0.3) is 5.91 Å². The van der Waals surface area contributed by atoms with Crippen molar-refractivity contribution in [1.29, 1.82) is 0 Å². The van der Waals surface area contributed by atoms with Crippen molar-refractivity contribution in [2.45, 2.75) is 23.8 Å². The zero-order valence-electron chi connectivity index (χ0n) is 17.3. The fourth-order valence-electron chi connectivity index (χ4n) is 4.04. The minimum Gasteiger partial charge on any atom is -0.486 e. The Kier molecular flexibility index (Phi) is 5.55. The van der Waals surface area contributed by atoms with E-state index < -0.39 is 22.0 Å². The van der Waals surface area contributed by atoms with E-state index in [-0.39, 0.29) is 34.7 Å². The van der Waals surface area contributed by atoms with E-state index in [0.717, 1.165) is 4.31 Å². The zero-order chi connectivity index (χ0) is 23.2. The van der Waals surface area contributed by atoms with Crippen molar-refractivity contribution in [2.24, 2.45) is 0 Å². The molecule has 2 aromatic rings. The van der Waals surface area contributed by atoms with Gasteiger partial charge < -0.3 is 24.8 Å². The van der Waals surface area contributed by atoms with Crippen molar-refractivity contribution >= 4 is 44.8 Å². The maximum atomic E-state index is 13.4. The SMILES string of the molecule is O=C1COc2cc(S(=O)(=O)N3CCC[C@@H]3C(=O)Nc3ccc4c(c3)OCCO4)c(Cl)cc2N1. The molecule has 2 aromatic carbocycles. The van der Waals surface area contributed by atoms with Crippen LogP contribution in [0.4, 0.5) is 11.4 Å². The van der Waals surface area contributed by atoms with Gasteiger partial charge in [-0.05, 0) is 31.0 Å². The summed E-state index contributed by atoms with van der Waals surface area (Å²) < 4.78 is 44.4. The molecule has 1 saturated heterocycles. The Morgan fingerprint density at radius 3 is 2.70 bits per heavy atom. The molecule has 1 atom stereocenters.